The van der Waals surface area contributed by atoms with E-state index in [1.807, 2.05) is 30.3 Å². The third-order valence-corrected chi connectivity index (χ3v) is 5.31. The summed E-state index contributed by atoms with van der Waals surface area (Å²) in [5.74, 6) is -0.911. The van der Waals surface area contributed by atoms with Crippen LogP contribution in [0.5, 0.6) is 0 Å². The summed E-state index contributed by atoms with van der Waals surface area (Å²) >= 11 is 0. The highest BCUT2D eigenvalue weighted by molar-refractivity contribution is 5.94. The molecule has 0 saturated carbocycles. The molecule has 7 heteroatoms. The number of rotatable bonds is 4. The van der Waals surface area contributed by atoms with Crippen LogP contribution in [0.25, 0.3) is 22.0 Å². The Kier molecular flexibility index (Phi) is 5.28. The summed E-state index contributed by atoms with van der Waals surface area (Å²) in [5, 5.41) is 7.18. The highest BCUT2D eigenvalue weighted by Gasteiger charge is 2.17. The van der Waals surface area contributed by atoms with Crippen LogP contribution in [-0.4, -0.2) is 29.7 Å². The maximum absolute atomic E-state index is 14.4. The first-order valence-electron chi connectivity index (χ1n) is 10.1. The van der Waals surface area contributed by atoms with Crippen molar-refractivity contribution in [2.75, 3.05) is 25.0 Å². The Morgan fingerprint density at radius 3 is 2.48 bits per heavy atom. The molecule has 0 spiro atoms. The van der Waals surface area contributed by atoms with Crippen molar-refractivity contribution < 1.29 is 13.5 Å². The normalized spacial score (nSPS) is 16.4. The number of hydrogen-bond donors (Lipinski definition) is 2. The summed E-state index contributed by atoms with van der Waals surface area (Å²) in [5.41, 5.74) is 2.66. The molecule has 5 rings (SSSR count). The van der Waals surface area contributed by atoms with Crippen molar-refractivity contribution >= 4 is 22.5 Å². The Morgan fingerprint density at radius 2 is 1.74 bits per heavy atom. The topological polar surface area (TPSA) is 59.1 Å². The highest BCUT2D eigenvalue weighted by atomic mass is 19.1. The summed E-state index contributed by atoms with van der Waals surface area (Å²) in [6.45, 7) is 2.35. The van der Waals surface area contributed by atoms with Gasteiger partial charge in [0.1, 0.15) is 11.6 Å². The molecular weight excluding hydrogens is 398 g/mol. The van der Waals surface area contributed by atoms with Crippen molar-refractivity contribution in [1.29, 1.82) is 0 Å². The number of morpholine rings is 1. The lowest BCUT2D eigenvalue weighted by molar-refractivity contribution is 0.0277. The Hall–Kier alpha value is -3.42. The summed E-state index contributed by atoms with van der Waals surface area (Å²) in [7, 11) is 0. The molecule has 0 bridgehead atoms. The Morgan fingerprint density at radius 1 is 0.968 bits per heavy atom. The van der Waals surface area contributed by atoms with Crippen LogP contribution in [-0.2, 0) is 4.74 Å². The van der Waals surface area contributed by atoms with Crippen LogP contribution >= 0.6 is 0 Å². The first-order chi connectivity index (χ1) is 15.2. The van der Waals surface area contributed by atoms with Crippen molar-refractivity contribution in [2.45, 2.75) is 6.10 Å². The molecule has 2 heterocycles. The van der Waals surface area contributed by atoms with Crippen LogP contribution in [0.1, 0.15) is 11.7 Å². The Bertz CT molecular complexity index is 1200. The molecule has 1 fully saturated rings. The lowest BCUT2D eigenvalue weighted by atomic mass is 10.0. The van der Waals surface area contributed by atoms with E-state index in [-0.39, 0.29) is 11.7 Å². The summed E-state index contributed by atoms with van der Waals surface area (Å²) in [6.07, 6.45) is 1.68. The van der Waals surface area contributed by atoms with E-state index >= 15 is 0 Å². The fourth-order valence-corrected chi connectivity index (χ4v) is 3.76. The van der Waals surface area contributed by atoms with Crippen molar-refractivity contribution in [2.24, 2.45) is 0 Å². The van der Waals surface area contributed by atoms with Gasteiger partial charge in [-0.3, -0.25) is 0 Å². The van der Waals surface area contributed by atoms with Gasteiger partial charge in [-0.05, 0) is 29.8 Å². The first-order valence-corrected chi connectivity index (χ1v) is 10.1. The van der Waals surface area contributed by atoms with Crippen LogP contribution in [0.3, 0.4) is 0 Å². The molecule has 4 aromatic rings. The molecule has 1 aromatic heterocycles. The fraction of sp³-hybridized carbons (Fsp3) is 0.167. The second-order valence-corrected chi connectivity index (χ2v) is 7.34. The smallest absolute Gasteiger partial charge is 0.227 e. The van der Waals surface area contributed by atoms with E-state index in [2.05, 4.69) is 20.6 Å². The van der Waals surface area contributed by atoms with Gasteiger partial charge in [0.25, 0.3) is 0 Å². The number of ether oxygens (including phenoxy) is 1. The van der Waals surface area contributed by atoms with Gasteiger partial charge in [0.15, 0.2) is 0 Å². The number of aromatic nitrogens is 2. The number of nitrogens with zero attached hydrogens (tertiary/aromatic N) is 2. The molecule has 0 radical (unpaired) electrons. The van der Waals surface area contributed by atoms with E-state index in [0.717, 1.165) is 24.3 Å². The molecule has 1 aliphatic rings. The molecule has 156 valence electrons. The number of benzene rings is 3. The van der Waals surface area contributed by atoms with Gasteiger partial charge in [-0.25, -0.2) is 18.7 Å². The zero-order valence-corrected chi connectivity index (χ0v) is 16.6. The molecule has 5 nitrogen and oxygen atoms in total. The summed E-state index contributed by atoms with van der Waals surface area (Å²) in [4.78, 5) is 8.90. The van der Waals surface area contributed by atoms with Gasteiger partial charge in [0.2, 0.25) is 5.95 Å². The van der Waals surface area contributed by atoms with Crippen molar-refractivity contribution in [3.8, 4) is 11.1 Å². The number of hydrogen-bond acceptors (Lipinski definition) is 5. The third kappa shape index (κ3) is 3.97. The number of fused-ring (bicyclic) bond motifs is 1. The maximum Gasteiger partial charge on any atom is 0.227 e. The van der Waals surface area contributed by atoms with E-state index in [1.54, 1.807) is 18.3 Å². The molecule has 31 heavy (non-hydrogen) atoms. The monoisotopic (exact) mass is 418 g/mol. The highest BCUT2D eigenvalue weighted by Crippen LogP contribution is 2.32. The van der Waals surface area contributed by atoms with E-state index in [9.17, 15) is 8.78 Å². The standard InChI is InChI=1S/C24H20F2N4O/c25-19-5-2-6-20(26)22(19)18-4-1-3-16-13-28-24(30-23(16)18)29-17-9-7-15(8-10-17)21-14-27-11-12-31-21/h1-10,13,21,27H,11-12,14H2,(H,28,29,30). The molecule has 0 aliphatic carbocycles. The predicted molar refractivity (Wildman–Crippen MR) is 116 cm³/mol. The number of nitrogens with one attached hydrogen (secondary N) is 2. The average molecular weight is 418 g/mol. The quantitative estimate of drug-likeness (QED) is 0.490. The van der Waals surface area contributed by atoms with Crippen LogP contribution < -0.4 is 10.6 Å². The van der Waals surface area contributed by atoms with E-state index in [0.29, 0.717) is 29.0 Å². The predicted octanol–water partition coefficient (Wildman–Crippen LogP) is 4.98. The SMILES string of the molecule is Fc1cccc(F)c1-c1cccc2cnc(Nc3ccc(C4CNCCO4)cc3)nc12. The van der Waals surface area contributed by atoms with Crippen LogP contribution in [0.2, 0.25) is 0 Å². The molecule has 0 amide bonds. The first kappa shape index (κ1) is 19.5. The van der Waals surface area contributed by atoms with E-state index in [4.69, 9.17) is 4.74 Å². The van der Waals surface area contributed by atoms with Gasteiger partial charge in [-0.15, -0.1) is 0 Å². The van der Waals surface area contributed by atoms with Gasteiger partial charge in [-0.1, -0.05) is 36.4 Å². The molecular formula is C24H20F2N4O. The fourth-order valence-electron chi connectivity index (χ4n) is 3.76. The minimum absolute atomic E-state index is 0.0398. The van der Waals surface area contributed by atoms with Crippen molar-refractivity contribution in [1.82, 2.24) is 15.3 Å². The second kappa shape index (κ2) is 8.37. The van der Waals surface area contributed by atoms with Crippen LogP contribution in [0.15, 0.2) is 66.9 Å². The Labute approximate surface area is 178 Å². The Balaban J connectivity index is 1.46. The molecule has 3 aromatic carbocycles. The van der Waals surface area contributed by atoms with Crippen molar-refractivity contribution in [3.05, 3.63) is 84.1 Å². The van der Waals surface area contributed by atoms with Crippen LogP contribution in [0, 0.1) is 11.6 Å². The molecule has 1 unspecified atom stereocenters. The zero-order valence-electron chi connectivity index (χ0n) is 16.6. The van der Waals surface area contributed by atoms with E-state index < -0.39 is 11.6 Å². The average Bonchev–Trinajstić information content (AvgIpc) is 2.80. The van der Waals surface area contributed by atoms with Crippen LogP contribution in [0.4, 0.5) is 20.4 Å². The van der Waals surface area contributed by atoms with Gasteiger partial charge >= 0.3 is 0 Å². The third-order valence-electron chi connectivity index (χ3n) is 5.31. The van der Waals surface area contributed by atoms with Gasteiger partial charge in [0.05, 0.1) is 23.8 Å². The number of anilines is 2. The minimum atomic E-state index is -0.629. The van der Waals surface area contributed by atoms with Gasteiger partial charge in [-0.2, -0.15) is 0 Å². The van der Waals surface area contributed by atoms with Gasteiger partial charge in [0, 0.05) is 35.9 Å². The number of halogens is 2. The lowest BCUT2D eigenvalue weighted by Gasteiger charge is -2.24. The summed E-state index contributed by atoms with van der Waals surface area (Å²) in [6, 6.07) is 16.9. The summed E-state index contributed by atoms with van der Waals surface area (Å²) < 4.78 is 34.6. The van der Waals surface area contributed by atoms with Gasteiger partial charge < -0.3 is 15.4 Å². The lowest BCUT2D eigenvalue weighted by Crippen LogP contribution is -2.33. The molecule has 1 aliphatic heterocycles. The zero-order chi connectivity index (χ0) is 21.2. The van der Waals surface area contributed by atoms with Crippen molar-refractivity contribution in [3.63, 3.8) is 0 Å². The maximum atomic E-state index is 14.4. The van der Waals surface area contributed by atoms with E-state index in [1.165, 1.54) is 18.2 Å². The largest absolute Gasteiger partial charge is 0.371 e. The molecule has 2 N–H and O–H groups in total. The molecule has 1 atom stereocenters. The second-order valence-electron chi connectivity index (χ2n) is 7.34. The number of para-hydroxylation sites is 1. The minimum Gasteiger partial charge on any atom is -0.371 e. The molecule has 1 saturated heterocycles.